The zero-order valence-corrected chi connectivity index (χ0v) is 19.3. The molecule has 1 aromatic heterocycles. The van der Waals surface area contributed by atoms with E-state index < -0.39 is 18.3 Å². The van der Waals surface area contributed by atoms with Crippen molar-refractivity contribution < 1.29 is 23.2 Å². The molecule has 7 heteroatoms. The van der Waals surface area contributed by atoms with E-state index in [-0.39, 0.29) is 24.6 Å². The summed E-state index contributed by atoms with van der Waals surface area (Å²) in [6.07, 6.45) is 1.69. The molecule has 1 fully saturated rings. The van der Waals surface area contributed by atoms with Crippen LogP contribution in [0, 0.1) is 5.82 Å². The van der Waals surface area contributed by atoms with Gasteiger partial charge in [-0.25, -0.2) is 9.37 Å². The summed E-state index contributed by atoms with van der Waals surface area (Å²) >= 11 is 0. The fourth-order valence-corrected chi connectivity index (χ4v) is 3.54. The minimum atomic E-state index is -0.478. The number of hydrogen-bond acceptors (Lipinski definition) is 5. The van der Waals surface area contributed by atoms with Crippen LogP contribution in [0.25, 0.3) is 0 Å². The molecular formula is C26H27BFNO4. The second kappa shape index (κ2) is 9.08. The molecule has 3 aromatic rings. The molecule has 0 saturated carbocycles. The van der Waals surface area contributed by atoms with Crippen molar-refractivity contribution in [2.75, 3.05) is 0 Å². The summed E-state index contributed by atoms with van der Waals surface area (Å²) in [6, 6.07) is 17.1. The summed E-state index contributed by atoms with van der Waals surface area (Å²) in [7, 11) is -0.478. The van der Waals surface area contributed by atoms with Gasteiger partial charge in [-0.2, -0.15) is 0 Å². The summed E-state index contributed by atoms with van der Waals surface area (Å²) in [5, 5.41) is 0. The van der Waals surface area contributed by atoms with Crippen molar-refractivity contribution in [3.8, 4) is 5.88 Å². The number of ketones is 1. The third kappa shape index (κ3) is 5.15. The summed E-state index contributed by atoms with van der Waals surface area (Å²) in [5.74, 6) is -0.00163. The third-order valence-electron chi connectivity index (χ3n) is 6.27. The van der Waals surface area contributed by atoms with Crippen molar-refractivity contribution in [1.82, 2.24) is 4.98 Å². The van der Waals surface area contributed by atoms with E-state index in [1.54, 1.807) is 24.3 Å². The highest BCUT2D eigenvalue weighted by atomic mass is 19.1. The van der Waals surface area contributed by atoms with Gasteiger partial charge in [-0.15, -0.1) is 0 Å². The van der Waals surface area contributed by atoms with Gasteiger partial charge in [-0.3, -0.25) is 4.79 Å². The fraction of sp³-hybridized carbons (Fsp3) is 0.308. The Balaban J connectivity index is 1.40. The maximum absolute atomic E-state index is 13.0. The van der Waals surface area contributed by atoms with Crippen molar-refractivity contribution in [1.29, 1.82) is 0 Å². The molecule has 0 aliphatic carbocycles. The van der Waals surface area contributed by atoms with Crippen molar-refractivity contribution in [3.63, 3.8) is 0 Å². The second-order valence-electron chi connectivity index (χ2n) is 9.19. The number of aromatic nitrogens is 1. The topological polar surface area (TPSA) is 57.7 Å². The van der Waals surface area contributed by atoms with Gasteiger partial charge in [0.05, 0.1) is 11.2 Å². The molecule has 1 saturated heterocycles. The number of carbonyl (C=O) groups is 1. The van der Waals surface area contributed by atoms with Crippen LogP contribution in [0.5, 0.6) is 5.88 Å². The quantitative estimate of drug-likeness (QED) is 0.394. The molecule has 1 aliphatic rings. The lowest BCUT2D eigenvalue weighted by Gasteiger charge is -2.32. The van der Waals surface area contributed by atoms with Crippen molar-refractivity contribution in [3.05, 3.63) is 89.4 Å². The van der Waals surface area contributed by atoms with Crippen LogP contribution >= 0.6 is 0 Å². The first kappa shape index (κ1) is 23.1. The summed E-state index contributed by atoms with van der Waals surface area (Å²) < 4.78 is 31.3. The average Bonchev–Trinajstić information content (AvgIpc) is 3.01. The Bertz CT molecular complexity index is 1110. The summed E-state index contributed by atoms with van der Waals surface area (Å²) in [5.41, 5.74) is 2.23. The predicted octanol–water partition coefficient (Wildman–Crippen LogP) is 4.52. The van der Waals surface area contributed by atoms with E-state index in [9.17, 15) is 9.18 Å². The van der Waals surface area contributed by atoms with Crippen LogP contribution < -0.4 is 10.2 Å². The van der Waals surface area contributed by atoms with E-state index in [4.69, 9.17) is 14.0 Å². The molecule has 0 amide bonds. The van der Waals surface area contributed by atoms with Crippen molar-refractivity contribution in [2.45, 2.75) is 51.9 Å². The van der Waals surface area contributed by atoms with Gasteiger partial charge in [0.15, 0.2) is 5.78 Å². The van der Waals surface area contributed by atoms with E-state index >= 15 is 0 Å². The van der Waals surface area contributed by atoms with Crippen LogP contribution in [0.3, 0.4) is 0 Å². The van der Waals surface area contributed by atoms with Gasteiger partial charge in [-0.05, 0) is 62.5 Å². The molecule has 0 spiro atoms. The molecule has 4 rings (SSSR count). The summed E-state index contributed by atoms with van der Waals surface area (Å²) in [6.45, 7) is 8.38. The molecule has 0 bridgehead atoms. The van der Waals surface area contributed by atoms with Gasteiger partial charge < -0.3 is 14.0 Å². The van der Waals surface area contributed by atoms with E-state index in [2.05, 4.69) is 4.98 Å². The third-order valence-corrected chi connectivity index (χ3v) is 6.27. The molecule has 0 atom stereocenters. The minimum Gasteiger partial charge on any atom is -0.473 e. The number of halogens is 1. The van der Waals surface area contributed by atoms with E-state index in [1.165, 1.54) is 18.3 Å². The van der Waals surface area contributed by atoms with E-state index in [0.717, 1.165) is 16.6 Å². The molecule has 0 radical (unpaired) electrons. The Hall–Kier alpha value is -3.03. The zero-order chi connectivity index (χ0) is 23.6. The predicted molar refractivity (Wildman–Crippen MR) is 125 cm³/mol. The monoisotopic (exact) mass is 447 g/mol. The zero-order valence-electron chi connectivity index (χ0n) is 19.3. The molecule has 5 nitrogen and oxygen atoms in total. The molecule has 0 N–H and O–H groups in total. The lowest BCUT2D eigenvalue weighted by atomic mass is 9.76. The number of nitrogens with zero attached hydrogens (tertiary/aromatic N) is 1. The maximum Gasteiger partial charge on any atom is 0.495 e. The van der Waals surface area contributed by atoms with Crippen molar-refractivity contribution in [2.24, 2.45) is 0 Å². The van der Waals surface area contributed by atoms with Gasteiger partial charge in [-0.1, -0.05) is 36.4 Å². The lowest BCUT2D eigenvalue weighted by molar-refractivity contribution is 0.00578. The highest BCUT2D eigenvalue weighted by Crippen LogP contribution is 2.36. The Labute approximate surface area is 194 Å². The Kier molecular flexibility index (Phi) is 6.37. The molecule has 2 heterocycles. The lowest BCUT2D eigenvalue weighted by Crippen LogP contribution is -2.41. The molecule has 0 unspecified atom stereocenters. The van der Waals surface area contributed by atoms with Crippen molar-refractivity contribution >= 4 is 18.4 Å². The first-order chi connectivity index (χ1) is 15.6. The van der Waals surface area contributed by atoms with E-state index in [1.807, 2.05) is 52.0 Å². The highest BCUT2D eigenvalue weighted by molar-refractivity contribution is 6.62. The van der Waals surface area contributed by atoms with Crippen LogP contribution in [-0.4, -0.2) is 29.1 Å². The Morgan fingerprint density at radius 2 is 1.64 bits per heavy atom. The second-order valence-corrected chi connectivity index (χ2v) is 9.19. The molecule has 170 valence electrons. The maximum atomic E-state index is 13.0. The smallest absolute Gasteiger partial charge is 0.473 e. The van der Waals surface area contributed by atoms with Gasteiger partial charge in [0.1, 0.15) is 12.4 Å². The highest BCUT2D eigenvalue weighted by Gasteiger charge is 2.52. The van der Waals surface area contributed by atoms with Gasteiger partial charge in [0, 0.05) is 24.2 Å². The van der Waals surface area contributed by atoms with E-state index in [0.29, 0.717) is 11.4 Å². The first-order valence-corrected chi connectivity index (χ1v) is 10.9. The molecule has 33 heavy (non-hydrogen) atoms. The minimum absolute atomic E-state index is 0.0910. The Morgan fingerprint density at radius 3 is 2.27 bits per heavy atom. The van der Waals surface area contributed by atoms with Crippen LogP contribution in [0.2, 0.25) is 0 Å². The summed E-state index contributed by atoms with van der Waals surface area (Å²) in [4.78, 5) is 16.8. The fourth-order valence-electron chi connectivity index (χ4n) is 3.54. The largest absolute Gasteiger partial charge is 0.495 e. The van der Waals surface area contributed by atoms with Gasteiger partial charge >= 0.3 is 7.12 Å². The Morgan fingerprint density at radius 1 is 0.970 bits per heavy atom. The van der Waals surface area contributed by atoms with Crippen LogP contribution in [0.4, 0.5) is 4.39 Å². The molecular weight excluding hydrogens is 420 g/mol. The number of benzene rings is 2. The number of Topliss-reactive ketones (excluding diaryl/α,β-unsaturated/α-hetero) is 1. The van der Waals surface area contributed by atoms with Crippen LogP contribution in [0.15, 0.2) is 66.9 Å². The average molecular weight is 447 g/mol. The first-order valence-electron chi connectivity index (χ1n) is 10.9. The number of carbonyl (C=O) groups excluding carboxylic acids is 1. The van der Waals surface area contributed by atoms with Crippen LogP contribution in [-0.2, 0) is 22.3 Å². The van der Waals surface area contributed by atoms with Crippen LogP contribution in [0.1, 0.15) is 49.2 Å². The van der Waals surface area contributed by atoms with Gasteiger partial charge in [0.25, 0.3) is 0 Å². The number of ether oxygens (including phenoxy) is 1. The number of pyridine rings is 1. The molecule has 1 aliphatic heterocycles. The number of rotatable bonds is 7. The SMILES string of the molecule is CC1(C)OB(c2ccccc2COc2ccc(C(=O)Cc3ccc(F)cc3)cn2)OC1(C)C. The number of hydrogen-bond donors (Lipinski definition) is 0. The normalized spacial score (nSPS) is 16.6. The molecule has 2 aromatic carbocycles. The standard InChI is InChI=1S/C26H27BFNO4/c1-25(2)26(3,4)33-27(32-25)22-8-6-5-7-20(22)17-31-24-14-11-19(16-29-24)23(30)15-18-9-12-21(28)13-10-18/h5-14,16H,15,17H2,1-4H3. The van der Waals surface area contributed by atoms with Gasteiger partial charge in [0.2, 0.25) is 5.88 Å².